The highest BCUT2D eigenvalue weighted by Gasteiger charge is 2.39. The molecule has 1 amide bonds. The Labute approximate surface area is 127 Å². The van der Waals surface area contributed by atoms with Gasteiger partial charge in [0, 0.05) is 6.54 Å². The minimum absolute atomic E-state index is 0.169. The minimum Gasteiger partial charge on any atom is -0.492 e. The summed E-state index contributed by atoms with van der Waals surface area (Å²) in [5, 5.41) is 6.34. The van der Waals surface area contributed by atoms with Gasteiger partial charge in [0.05, 0.1) is 12.0 Å². The van der Waals surface area contributed by atoms with E-state index in [1.165, 1.54) is 5.56 Å². The molecule has 2 N–H and O–H groups in total. The van der Waals surface area contributed by atoms with E-state index in [2.05, 4.69) is 17.6 Å². The normalized spacial score (nSPS) is 21.2. The Morgan fingerprint density at radius 2 is 2.33 bits per heavy atom. The molecule has 1 aliphatic heterocycles. The summed E-state index contributed by atoms with van der Waals surface area (Å²) in [7, 11) is 0. The second-order valence-electron chi connectivity index (χ2n) is 5.88. The Kier molecular flexibility index (Phi) is 5.62. The van der Waals surface area contributed by atoms with Crippen molar-refractivity contribution < 1.29 is 9.53 Å². The number of benzene rings is 1. The molecular formula is C17H26N2O2. The van der Waals surface area contributed by atoms with Crippen molar-refractivity contribution in [3.05, 3.63) is 29.8 Å². The zero-order valence-corrected chi connectivity index (χ0v) is 13.1. The number of aryl methyl sites for hydroxylation is 1. The third-order valence-corrected chi connectivity index (χ3v) is 4.10. The van der Waals surface area contributed by atoms with Gasteiger partial charge in [-0.15, -0.1) is 0 Å². The van der Waals surface area contributed by atoms with Crippen LogP contribution in [0.5, 0.6) is 5.75 Å². The molecule has 0 saturated carbocycles. The lowest BCUT2D eigenvalue weighted by molar-refractivity contribution is -0.130. The van der Waals surface area contributed by atoms with E-state index in [1.54, 1.807) is 0 Å². The molecule has 0 spiro atoms. The van der Waals surface area contributed by atoms with Gasteiger partial charge in [-0.05, 0) is 44.0 Å². The van der Waals surface area contributed by atoms with Gasteiger partial charge in [0.25, 0.3) is 0 Å². The molecule has 116 valence electrons. The number of amides is 1. The maximum Gasteiger partial charge on any atom is 0.227 e. The van der Waals surface area contributed by atoms with E-state index in [-0.39, 0.29) is 11.3 Å². The molecule has 1 saturated heterocycles. The average Bonchev–Trinajstić information content (AvgIpc) is 2.94. The van der Waals surface area contributed by atoms with Crippen LogP contribution in [0, 0.1) is 12.3 Å². The fraction of sp³-hybridized carbons (Fsp3) is 0.588. The van der Waals surface area contributed by atoms with Crippen molar-refractivity contribution in [1.82, 2.24) is 10.6 Å². The first-order chi connectivity index (χ1) is 10.2. The first-order valence-electron chi connectivity index (χ1n) is 7.85. The second-order valence-corrected chi connectivity index (χ2v) is 5.88. The van der Waals surface area contributed by atoms with Gasteiger partial charge in [0.1, 0.15) is 12.4 Å². The van der Waals surface area contributed by atoms with Crippen LogP contribution in [0.15, 0.2) is 24.3 Å². The molecule has 0 aromatic heterocycles. The summed E-state index contributed by atoms with van der Waals surface area (Å²) < 4.78 is 5.66. The lowest BCUT2D eigenvalue weighted by atomic mass is 9.81. The van der Waals surface area contributed by atoms with Gasteiger partial charge in [0.2, 0.25) is 5.91 Å². The Morgan fingerprint density at radius 3 is 3.00 bits per heavy atom. The van der Waals surface area contributed by atoms with Crippen molar-refractivity contribution >= 4 is 5.91 Å². The fourth-order valence-electron chi connectivity index (χ4n) is 2.97. The first-order valence-corrected chi connectivity index (χ1v) is 7.85. The van der Waals surface area contributed by atoms with E-state index >= 15 is 0 Å². The summed E-state index contributed by atoms with van der Waals surface area (Å²) in [4.78, 5) is 12.4. The number of carbonyl (C=O) groups excluding carboxylic acids is 1. The average molecular weight is 290 g/mol. The van der Waals surface area contributed by atoms with E-state index in [9.17, 15) is 4.79 Å². The molecule has 0 radical (unpaired) electrons. The zero-order chi connectivity index (χ0) is 15.1. The van der Waals surface area contributed by atoms with Crippen LogP contribution in [0.2, 0.25) is 0 Å². The van der Waals surface area contributed by atoms with Crippen molar-refractivity contribution in [3.63, 3.8) is 0 Å². The topological polar surface area (TPSA) is 50.4 Å². The number of nitrogens with one attached hydrogen (secondary N) is 2. The third-order valence-electron chi connectivity index (χ3n) is 4.10. The molecule has 1 aliphatic rings. The van der Waals surface area contributed by atoms with Crippen molar-refractivity contribution in [1.29, 1.82) is 0 Å². The third kappa shape index (κ3) is 4.21. The van der Waals surface area contributed by atoms with Crippen LogP contribution >= 0.6 is 0 Å². The van der Waals surface area contributed by atoms with Gasteiger partial charge in [0.15, 0.2) is 0 Å². The first kappa shape index (κ1) is 15.8. The maximum atomic E-state index is 12.4. The van der Waals surface area contributed by atoms with E-state index in [4.69, 9.17) is 4.74 Å². The smallest absolute Gasteiger partial charge is 0.227 e. The van der Waals surface area contributed by atoms with E-state index < -0.39 is 0 Å². The van der Waals surface area contributed by atoms with E-state index in [0.717, 1.165) is 38.1 Å². The minimum atomic E-state index is -0.210. The van der Waals surface area contributed by atoms with Crippen LogP contribution in [0.25, 0.3) is 0 Å². The molecule has 1 fully saturated rings. The fourth-order valence-corrected chi connectivity index (χ4v) is 2.97. The van der Waals surface area contributed by atoms with Crippen LogP contribution in [-0.2, 0) is 4.79 Å². The van der Waals surface area contributed by atoms with E-state index in [1.807, 2.05) is 31.2 Å². The van der Waals surface area contributed by atoms with Crippen LogP contribution < -0.4 is 15.4 Å². The van der Waals surface area contributed by atoms with Gasteiger partial charge < -0.3 is 15.4 Å². The summed E-state index contributed by atoms with van der Waals surface area (Å²) in [5.74, 6) is 1.03. The standard InChI is InChI=1S/C17H26N2O2/c1-3-7-17(8-9-18-13-17)16(20)19-10-11-21-15-6-4-5-14(2)12-15/h4-6,12,18H,3,7-11,13H2,1-2H3,(H,19,20). The second kappa shape index (κ2) is 7.46. The number of rotatable bonds is 7. The van der Waals surface area contributed by atoms with Gasteiger partial charge in [-0.25, -0.2) is 0 Å². The molecular weight excluding hydrogens is 264 g/mol. The van der Waals surface area contributed by atoms with Gasteiger partial charge in [-0.3, -0.25) is 4.79 Å². The lowest BCUT2D eigenvalue weighted by Crippen LogP contribution is -2.43. The number of carbonyl (C=O) groups is 1. The predicted octanol–water partition coefficient (Wildman–Crippen LogP) is 2.27. The summed E-state index contributed by atoms with van der Waals surface area (Å²) in [6, 6.07) is 7.95. The Balaban J connectivity index is 1.76. The lowest BCUT2D eigenvalue weighted by Gasteiger charge is -2.26. The van der Waals surface area contributed by atoms with Crippen molar-refractivity contribution in [3.8, 4) is 5.75 Å². The Morgan fingerprint density at radius 1 is 1.48 bits per heavy atom. The molecule has 1 aromatic rings. The molecule has 0 bridgehead atoms. The Hall–Kier alpha value is -1.55. The highest BCUT2D eigenvalue weighted by Crippen LogP contribution is 2.31. The highest BCUT2D eigenvalue weighted by atomic mass is 16.5. The summed E-state index contributed by atoms with van der Waals surface area (Å²) in [6.07, 6.45) is 2.92. The summed E-state index contributed by atoms with van der Waals surface area (Å²) in [6.45, 7) is 6.96. The molecule has 0 aliphatic carbocycles. The van der Waals surface area contributed by atoms with Crippen LogP contribution in [0.3, 0.4) is 0 Å². The molecule has 2 rings (SSSR count). The summed E-state index contributed by atoms with van der Waals surface area (Å²) >= 11 is 0. The predicted molar refractivity (Wildman–Crippen MR) is 84.5 cm³/mol. The van der Waals surface area contributed by atoms with E-state index in [0.29, 0.717) is 13.2 Å². The number of ether oxygens (including phenoxy) is 1. The van der Waals surface area contributed by atoms with Crippen molar-refractivity contribution in [2.45, 2.75) is 33.1 Å². The van der Waals surface area contributed by atoms with Crippen molar-refractivity contribution in [2.24, 2.45) is 5.41 Å². The molecule has 4 heteroatoms. The largest absolute Gasteiger partial charge is 0.492 e. The molecule has 21 heavy (non-hydrogen) atoms. The number of hydrogen-bond donors (Lipinski definition) is 2. The van der Waals surface area contributed by atoms with Crippen LogP contribution in [0.1, 0.15) is 31.7 Å². The SMILES string of the molecule is CCCC1(C(=O)NCCOc2cccc(C)c2)CCNC1. The van der Waals surface area contributed by atoms with Crippen LogP contribution in [0.4, 0.5) is 0 Å². The molecule has 1 unspecified atom stereocenters. The quantitative estimate of drug-likeness (QED) is 0.757. The number of hydrogen-bond acceptors (Lipinski definition) is 3. The molecule has 1 heterocycles. The molecule has 1 aromatic carbocycles. The highest BCUT2D eigenvalue weighted by molar-refractivity contribution is 5.83. The molecule has 4 nitrogen and oxygen atoms in total. The van der Waals surface area contributed by atoms with Gasteiger partial charge in [-0.1, -0.05) is 25.5 Å². The monoisotopic (exact) mass is 290 g/mol. The summed E-state index contributed by atoms with van der Waals surface area (Å²) in [5.41, 5.74) is 0.966. The van der Waals surface area contributed by atoms with Gasteiger partial charge in [-0.2, -0.15) is 0 Å². The maximum absolute atomic E-state index is 12.4. The van der Waals surface area contributed by atoms with Gasteiger partial charge >= 0.3 is 0 Å². The van der Waals surface area contributed by atoms with Crippen molar-refractivity contribution in [2.75, 3.05) is 26.2 Å². The zero-order valence-electron chi connectivity index (χ0n) is 13.1. The Bertz CT molecular complexity index is 468. The van der Waals surface area contributed by atoms with Crippen LogP contribution in [-0.4, -0.2) is 32.1 Å². The molecule has 1 atom stereocenters.